The van der Waals surface area contributed by atoms with E-state index in [-0.39, 0.29) is 12.2 Å². The van der Waals surface area contributed by atoms with Gasteiger partial charge in [-0.25, -0.2) is 4.98 Å². The minimum absolute atomic E-state index is 0.224. The molecule has 1 saturated heterocycles. The van der Waals surface area contributed by atoms with Gasteiger partial charge in [-0.05, 0) is 43.5 Å². The molecule has 1 fully saturated rings. The lowest BCUT2D eigenvalue weighted by Gasteiger charge is -2.36. The molecule has 2 heterocycles. The van der Waals surface area contributed by atoms with E-state index in [1.807, 2.05) is 24.4 Å². The summed E-state index contributed by atoms with van der Waals surface area (Å²) in [5.74, 6) is 2.68. The van der Waals surface area contributed by atoms with Crippen LogP contribution in [0.15, 0.2) is 47.6 Å². The van der Waals surface area contributed by atoms with Crippen LogP contribution in [0.1, 0.15) is 25.0 Å². The Bertz CT molecular complexity index is 815. The van der Waals surface area contributed by atoms with Gasteiger partial charge >= 0.3 is 0 Å². The van der Waals surface area contributed by atoms with Gasteiger partial charge in [0, 0.05) is 39.4 Å². The van der Waals surface area contributed by atoms with Gasteiger partial charge in [-0.1, -0.05) is 24.3 Å². The minimum Gasteiger partial charge on any atom is -0.496 e. The van der Waals surface area contributed by atoms with Crippen LogP contribution in [0.25, 0.3) is 0 Å². The molecule has 1 aromatic heterocycles. The van der Waals surface area contributed by atoms with Gasteiger partial charge < -0.3 is 25.0 Å². The third-order valence-corrected chi connectivity index (χ3v) is 5.12. The van der Waals surface area contributed by atoms with Crippen molar-refractivity contribution in [3.8, 4) is 5.75 Å². The zero-order chi connectivity index (χ0) is 21.3. The van der Waals surface area contributed by atoms with Crippen LogP contribution < -0.4 is 20.3 Å². The standard InChI is InChI=1S/C23H33N5O2/c1-17-15-28(16-18(2)30-17)22-10-9-19(13-26-22)14-27-23(24-3)25-12-11-20-7-5-6-8-21(20)29-4/h5-10,13,17-18H,11-12,14-16H2,1-4H3,(H2,24,25,27). The lowest BCUT2D eigenvalue weighted by molar-refractivity contribution is -0.00545. The van der Waals surface area contributed by atoms with E-state index in [1.165, 1.54) is 5.56 Å². The first-order chi connectivity index (χ1) is 14.6. The van der Waals surface area contributed by atoms with Crippen LogP contribution in [0.5, 0.6) is 5.75 Å². The number of rotatable bonds is 7. The number of para-hydroxylation sites is 1. The van der Waals surface area contributed by atoms with Crippen LogP contribution in [0.4, 0.5) is 5.82 Å². The summed E-state index contributed by atoms with van der Waals surface area (Å²) in [6.07, 6.45) is 3.23. The van der Waals surface area contributed by atoms with E-state index in [0.29, 0.717) is 6.54 Å². The van der Waals surface area contributed by atoms with E-state index in [1.54, 1.807) is 14.2 Å². The smallest absolute Gasteiger partial charge is 0.191 e. The molecular weight excluding hydrogens is 378 g/mol. The quantitative estimate of drug-likeness (QED) is 0.539. The minimum atomic E-state index is 0.224. The molecule has 2 atom stereocenters. The lowest BCUT2D eigenvalue weighted by atomic mass is 10.1. The molecule has 1 aromatic carbocycles. The summed E-state index contributed by atoms with van der Waals surface area (Å²) in [4.78, 5) is 11.2. The van der Waals surface area contributed by atoms with Crippen LogP contribution in [0.2, 0.25) is 0 Å². The SMILES string of the molecule is CN=C(NCCc1ccccc1OC)NCc1ccc(N2CC(C)OC(C)C2)nc1. The average molecular weight is 412 g/mol. The van der Waals surface area contributed by atoms with E-state index in [0.717, 1.165) is 49.1 Å². The second kappa shape index (κ2) is 10.8. The summed E-state index contributed by atoms with van der Waals surface area (Å²) in [7, 11) is 3.48. The summed E-state index contributed by atoms with van der Waals surface area (Å²) in [6.45, 7) is 7.39. The average Bonchev–Trinajstić information content (AvgIpc) is 2.76. The summed E-state index contributed by atoms with van der Waals surface area (Å²) < 4.78 is 11.2. The molecule has 2 aromatic rings. The van der Waals surface area contributed by atoms with Gasteiger partial charge in [-0.3, -0.25) is 4.99 Å². The van der Waals surface area contributed by atoms with Gasteiger partial charge in [-0.2, -0.15) is 0 Å². The Labute approximate surface area is 179 Å². The Kier molecular flexibility index (Phi) is 7.90. The maximum atomic E-state index is 5.81. The van der Waals surface area contributed by atoms with Gasteiger partial charge in [0.25, 0.3) is 0 Å². The number of aromatic nitrogens is 1. The molecule has 1 aliphatic heterocycles. The van der Waals surface area contributed by atoms with Crippen molar-refractivity contribution >= 4 is 11.8 Å². The number of ether oxygens (including phenoxy) is 2. The van der Waals surface area contributed by atoms with Crippen LogP contribution in [-0.4, -0.2) is 56.9 Å². The van der Waals surface area contributed by atoms with Crippen molar-refractivity contribution in [3.05, 3.63) is 53.7 Å². The molecule has 7 heteroatoms. The Morgan fingerprint density at radius 3 is 2.60 bits per heavy atom. The number of hydrogen-bond donors (Lipinski definition) is 2. The Morgan fingerprint density at radius 1 is 1.17 bits per heavy atom. The number of aliphatic imine (C=N–C) groups is 1. The fourth-order valence-electron chi connectivity index (χ4n) is 3.70. The van der Waals surface area contributed by atoms with Crippen molar-refractivity contribution < 1.29 is 9.47 Å². The summed E-state index contributed by atoms with van der Waals surface area (Å²) in [6, 6.07) is 12.3. The largest absolute Gasteiger partial charge is 0.496 e. The number of morpholine rings is 1. The van der Waals surface area contributed by atoms with Crippen LogP contribution >= 0.6 is 0 Å². The molecular formula is C23H33N5O2. The normalized spacial score (nSPS) is 19.5. The Balaban J connectivity index is 1.46. The first kappa shape index (κ1) is 21.9. The van der Waals surface area contributed by atoms with Crippen molar-refractivity contribution in [1.29, 1.82) is 0 Å². The molecule has 3 rings (SSSR count). The van der Waals surface area contributed by atoms with Gasteiger partial charge in [0.2, 0.25) is 0 Å². The maximum Gasteiger partial charge on any atom is 0.191 e. The molecule has 0 radical (unpaired) electrons. The number of anilines is 1. The topological polar surface area (TPSA) is 71.0 Å². The molecule has 0 aliphatic carbocycles. The molecule has 2 unspecified atom stereocenters. The Morgan fingerprint density at radius 2 is 1.93 bits per heavy atom. The highest BCUT2D eigenvalue weighted by atomic mass is 16.5. The first-order valence-corrected chi connectivity index (χ1v) is 10.5. The second-order valence-electron chi connectivity index (χ2n) is 7.60. The molecule has 7 nitrogen and oxygen atoms in total. The van der Waals surface area contributed by atoms with E-state index < -0.39 is 0 Å². The van der Waals surface area contributed by atoms with Crippen molar-refractivity contribution in [2.75, 3.05) is 38.7 Å². The number of pyridine rings is 1. The fourth-order valence-corrected chi connectivity index (χ4v) is 3.70. The number of nitrogens with zero attached hydrogens (tertiary/aromatic N) is 3. The van der Waals surface area contributed by atoms with Crippen molar-refractivity contribution in [1.82, 2.24) is 15.6 Å². The number of methoxy groups -OCH3 is 1. The number of benzene rings is 1. The van der Waals surface area contributed by atoms with Crippen molar-refractivity contribution in [2.45, 2.75) is 39.0 Å². The molecule has 30 heavy (non-hydrogen) atoms. The van der Waals surface area contributed by atoms with Gasteiger partial charge in [0.05, 0.1) is 19.3 Å². The summed E-state index contributed by atoms with van der Waals surface area (Å²) in [5.41, 5.74) is 2.29. The highest BCUT2D eigenvalue weighted by Gasteiger charge is 2.22. The third kappa shape index (κ3) is 6.10. The van der Waals surface area contributed by atoms with Crippen molar-refractivity contribution in [3.63, 3.8) is 0 Å². The molecule has 0 amide bonds. The summed E-state index contributed by atoms with van der Waals surface area (Å²) in [5, 5.41) is 6.70. The van der Waals surface area contributed by atoms with E-state index in [2.05, 4.69) is 57.6 Å². The summed E-state index contributed by atoms with van der Waals surface area (Å²) >= 11 is 0. The highest BCUT2D eigenvalue weighted by molar-refractivity contribution is 5.79. The monoisotopic (exact) mass is 411 g/mol. The van der Waals surface area contributed by atoms with Crippen LogP contribution in [0.3, 0.4) is 0 Å². The van der Waals surface area contributed by atoms with Crippen LogP contribution in [-0.2, 0) is 17.7 Å². The predicted octanol–water partition coefficient (Wildman–Crippen LogP) is 2.61. The highest BCUT2D eigenvalue weighted by Crippen LogP contribution is 2.19. The Hall–Kier alpha value is -2.80. The van der Waals surface area contributed by atoms with Crippen LogP contribution in [0, 0.1) is 0 Å². The third-order valence-electron chi connectivity index (χ3n) is 5.12. The second-order valence-corrected chi connectivity index (χ2v) is 7.60. The van der Waals surface area contributed by atoms with Gasteiger partial charge in [0.15, 0.2) is 5.96 Å². The van der Waals surface area contributed by atoms with Gasteiger partial charge in [-0.15, -0.1) is 0 Å². The van der Waals surface area contributed by atoms with Gasteiger partial charge in [0.1, 0.15) is 11.6 Å². The number of nitrogens with one attached hydrogen (secondary N) is 2. The molecule has 1 aliphatic rings. The van der Waals surface area contributed by atoms with E-state index in [9.17, 15) is 0 Å². The van der Waals surface area contributed by atoms with E-state index in [4.69, 9.17) is 9.47 Å². The zero-order valence-electron chi connectivity index (χ0n) is 18.4. The molecule has 0 bridgehead atoms. The maximum absolute atomic E-state index is 5.81. The molecule has 2 N–H and O–H groups in total. The lowest BCUT2D eigenvalue weighted by Crippen LogP contribution is -2.45. The zero-order valence-corrected chi connectivity index (χ0v) is 18.4. The van der Waals surface area contributed by atoms with Crippen molar-refractivity contribution in [2.24, 2.45) is 4.99 Å². The molecule has 0 saturated carbocycles. The number of guanidine groups is 1. The van der Waals surface area contributed by atoms with E-state index >= 15 is 0 Å². The number of hydrogen-bond acceptors (Lipinski definition) is 5. The first-order valence-electron chi connectivity index (χ1n) is 10.5. The fraction of sp³-hybridized carbons (Fsp3) is 0.478. The predicted molar refractivity (Wildman–Crippen MR) is 121 cm³/mol. The molecule has 0 spiro atoms. The molecule has 162 valence electrons.